The summed E-state index contributed by atoms with van der Waals surface area (Å²) in [5.74, 6) is 0.0435. The first kappa shape index (κ1) is 27.3. The van der Waals surface area contributed by atoms with Gasteiger partial charge in [0.2, 0.25) is 0 Å². The molecule has 2 N–H and O–H groups in total. The summed E-state index contributed by atoms with van der Waals surface area (Å²) in [7, 11) is -7.23. The van der Waals surface area contributed by atoms with E-state index in [1.165, 1.54) is 12.5 Å². The number of aromatic nitrogens is 1. The van der Waals surface area contributed by atoms with Crippen molar-refractivity contribution in [3.05, 3.63) is 63.8 Å². The number of benzene rings is 1. The summed E-state index contributed by atoms with van der Waals surface area (Å²) >= 11 is 1.13. The number of pyridine rings is 1. The standard InChI is InChI=1S/C26H27N5O5S3/c1-38(33,34)12-11-31-10-8-23-19(16-31)14-24(37-23)39(35,36)30-26(32)29-25-21-4-2-3-17(21)5-6-22(25)18-7-9-28-20(13-18)15-27/h5-7,9,13-14H,2-4,8,10-12,16H2,1H3,(H2,29,30,32). The van der Waals surface area contributed by atoms with Gasteiger partial charge in [-0.2, -0.15) is 5.26 Å². The molecule has 2 amide bonds. The van der Waals surface area contributed by atoms with Crippen molar-refractivity contribution < 1.29 is 21.6 Å². The molecule has 3 heterocycles. The van der Waals surface area contributed by atoms with E-state index in [9.17, 15) is 26.9 Å². The van der Waals surface area contributed by atoms with Crippen LogP contribution in [0.3, 0.4) is 0 Å². The van der Waals surface area contributed by atoms with Crippen LogP contribution in [0.25, 0.3) is 11.1 Å². The minimum atomic E-state index is -4.14. The maximum Gasteiger partial charge on any atom is 0.333 e. The number of carbonyl (C=O) groups is 1. The number of nitriles is 1. The van der Waals surface area contributed by atoms with Crippen molar-refractivity contribution in [2.24, 2.45) is 0 Å². The van der Waals surface area contributed by atoms with Crippen molar-refractivity contribution in [3.8, 4) is 17.2 Å². The van der Waals surface area contributed by atoms with Crippen molar-refractivity contribution in [2.45, 2.75) is 36.4 Å². The van der Waals surface area contributed by atoms with Gasteiger partial charge in [0.05, 0.1) is 11.4 Å². The molecule has 2 aromatic heterocycles. The van der Waals surface area contributed by atoms with Crippen LogP contribution in [0.5, 0.6) is 0 Å². The molecule has 0 atom stereocenters. The number of nitrogens with zero attached hydrogens (tertiary/aromatic N) is 3. The highest BCUT2D eigenvalue weighted by molar-refractivity contribution is 7.92. The zero-order chi connectivity index (χ0) is 27.8. The van der Waals surface area contributed by atoms with Crippen molar-refractivity contribution in [1.29, 1.82) is 5.26 Å². The summed E-state index contributed by atoms with van der Waals surface area (Å²) < 4.78 is 51.6. The number of nitrogens with one attached hydrogen (secondary N) is 2. The fourth-order valence-corrected chi connectivity index (χ4v) is 8.04. The lowest BCUT2D eigenvalue weighted by atomic mass is 9.97. The van der Waals surface area contributed by atoms with E-state index < -0.39 is 25.9 Å². The zero-order valence-corrected chi connectivity index (χ0v) is 23.7. The molecule has 13 heteroatoms. The van der Waals surface area contributed by atoms with Crippen LogP contribution < -0.4 is 10.0 Å². The van der Waals surface area contributed by atoms with Gasteiger partial charge >= 0.3 is 6.03 Å². The van der Waals surface area contributed by atoms with Gasteiger partial charge in [-0.3, -0.25) is 4.90 Å². The molecule has 1 aliphatic heterocycles. The Labute approximate surface area is 231 Å². The van der Waals surface area contributed by atoms with Crippen molar-refractivity contribution >= 4 is 42.9 Å². The highest BCUT2D eigenvalue weighted by Crippen LogP contribution is 2.38. The van der Waals surface area contributed by atoms with E-state index >= 15 is 0 Å². The number of sulfone groups is 1. The Morgan fingerprint density at radius 2 is 1.95 bits per heavy atom. The Morgan fingerprint density at radius 1 is 1.13 bits per heavy atom. The number of hydrogen-bond acceptors (Lipinski definition) is 9. The number of aryl methyl sites for hydroxylation is 1. The van der Waals surface area contributed by atoms with Crippen LogP contribution in [0.4, 0.5) is 10.5 Å². The number of anilines is 1. The Kier molecular flexibility index (Phi) is 7.47. The van der Waals surface area contributed by atoms with Crippen LogP contribution in [0.1, 0.15) is 33.7 Å². The molecule has 10 nitrogen and oxygen atoms in total. The van der Waals surface area contributed by atoms with Gasteiger partial charge in [-0.1, -0.05) is 12.1 Å². The summed E-state index contributed by atoms with van der Waals surface area (Å²) in [4.78, 5) is 20.0. The summed E-state index contributed by atoms with van der Waals surface area (Å²) in [5, 5.41) is 12.0. The van der Waals surface area contributed by atoms with Crippen LogP contribution in [0.2, 0.25) is 0 Å². The monoisotopic (exact) mass is 585 g/mol. The molecular weight excluding hydrogens is 559 g/mol. The molecule has 5 rings (SSSR count). The molecule has 204 valence electrons. The number of fused-ring (bicyclic) bond motifs is 2. The summed E-state index contributed by atoms with van der Waals surface area (Å²) in [6.45, 7) is 1.48. The second kappa shape index (κ2) is 10.7. The predicted octanol–water partition coefficient (Wildman–Crippen LogP) is 3.08. The third kappa shape index (κ3) is 6.14. The second-order valence-electron chi connectivity index (χ2n) is 9.75. The van der Waals surface area contributed by atoms with E-state index in [4.69, 9.17) is 0 Å². The molecule has 39 heavy (non-hydrogen) atoms. The van der Waals surface area contributed by atoms with Crippen molar-refractivity contribution in [3.63, 3.8) is 0 Å². The zero-order valence-electron chi connectivity index (χ0n) is 21.2. The smallest absolute Gasteiger partial charge is 0.306 e. The highest BCUT2D eigenvalue weighted by Gasteiger charge is 2.27. The van der Waals surface area contributed by atoms with Crippen LogP contribution in [-0.2, 0) is 45.7 Å². The van der Waals surface area contributed by atoms with E-state index in [0.717, 1.165) is 52.2 Å². The van der Waals surface area contributed by atoms with Gasteiger partial charge in [-0.05, 0) is 66.1 Å². The molecule has 3 aromatic rings. The number of rotatable bonds is 7. The van der Waals surface area contributed by atoms with Gasteiger partial charge in [0, 0.05) is 42.5 Å². The Balaban J connectivity index is 1.35. The minimum Gasteiger partial charge on any atom is -0.306 e. The van der Waals surface area contributed by atoms with Gasteiger partial charge in [-0.15, -0.1) is 11.3 Å². The molecule has 0 saturated carbocycles. The number of sulfonamides is 1. The van der Waals surface area contributed by atoms with Crippen LogP contribution >= 0.6 is 11.3 Å². The van der Waals surface area contributed by atoms with Gasteiger partial charge in [0.15, 0.2) is 0 Å². The summed E-state index contributed by atoms with van der Waals surface area (Å²) in [6.07, 6.45) is 5.87. The first-order valence-corrected chi connectivity index (χ1v) is 16.8. The van der Waals surface area contributed by atoms with E-state index in [1.54, 1.807) is 18.2 Å². The Bertz CT molecular complexity index is 1710. The average Bonchev–Trinajstić information content (AvgIpc) is 3.54. The summed E-state index contributed by atoms with van der Waals surface area (Å²) in [5.41, 5.74) is 5.02. The predicted molar refractivity (Wildman–Crippen MR) is 149 cm³/mol. The van der Waals surface area contributed by atoms with Crippen LogP contribution in [-0.4, -0.2) is 57.8 Å². The lowest BCUT2D eigenvalue weighted by molar-refractivity contribution is 0.256. The first-order valence-electron chi connectivity index (χ1n) is 12.4. The topological polar surface area (TPSA) is 149 Å². The number of hydrogen-bond donors (Lipinski definition) is 2. The fourth-order valence-electron chi connectivity index (χ4n) is 5.00. The lowest BCUT2D eigenvalue weighted by Gasteiger charge is -2.26. The van der Waals surface area contributed by atoms with E-state index in [-0.39, 0.29) is 15.7 Å². The SMILES string of the molecule is CS(=O)(=O)CCN1CCc2sc(S(=O)(=O)NC(=O)Nc3c(-c4ccnc(C#N)c4)ccc4c3CCC4)cc2C1. The molecule has 0 saturated heterocycles. The molecule has 0 radical (unpaired) electrons. The van der Waals surface area contributed by atoms with Gasteiger partial charge in [-0.25, -0.2) is 31.3 Å². The second-order valence-corrected chi connectivity index (χ2v) is 15.1. The molecule has 0 bridgehead atoms. The molecule has 0 spiro atoms. The van der Waals surface area contributed by atoms with Gasteiger partial charge in [0.25, 0.3) is 10.0 Å². The molecule has 1 aromatic carbocycles. The number of thiophene rings is 1. The largest absolute Gasteiger partial charge is 0.333 e. The molecule has 2 aliphatic rings. The van der Waals surface area contributed by atoms with E-state index in [0.29, 0.717) is 42.9 Å². The number of urea groups is 1. The molecule has 0 unspecified atom stereocenters. The number of carbonyl (C=O) groups excluding carboxylic acids is 1. The Hall–Kier alpha value is -3.31. The molecular formula is C26H27N5O5S3. The third-order valence-electron chi connectivity index (χ3n) is 6.90. The van der Waals surface area contributed by atoms with Crippen LogP contribution in [0, 0.1) is 11.3 Å². The third-order valence-corrected chi connectivity index (χ3v) is 10.9. The highest BCUT2D eigenvalue weighted by atomic mass is 32.2. The van der Waals surface area contributed by atoms with Gasteiger partial charge < -0.3 is 5.32 Å². The Morgan fingerprint density at radius 3 is 2.72 bits per heavy atom. The maximum atomic E-state index is 13.2. The van der Waals surface area contributed by atoms with E-state index in [1.807, 2.05) is 23.1 Å². The lowest BCUT2D eigenvalue weighted by Crippen LogP contribution is -2.34. The minimum absolute atomic E-state index is 0.0407. The normalized spacial score (nSPS) is 15.3. The van der Waals surface area contributed by atoms with Crippen molar-refractivity contribution in [1.82, 2.24) is 14.6 Å². The first-order chi connectivity index (χ1) is 18.5. The fraction of sp³-hybridized carbons (Fsp3) is 0.346. The van der Waals surface area contributed by atoms with Crippen LogP contribution in [0.15, 0.2) is 40.7 Å². The average molecular weight is 586 g/mol. The van der Waals surface area contributed by atoms with Gasteiger partial charge in [0.1, 0.15) is 25.8 Å². The maximum absolute atomic E-state index is 13.2. The number of amides is 2. The van der Waals surface area contributed by atoms with E-state index in [2.05, 4.69) is 15.0 Å². The summed E-state index contributed by atoms with van der Waals surface area (Å²) in [6, 6.07) is 9.95. The molecule has 1 aliphatic carbocycles. The quantitative estimate of drug-likeness (QED) is 0.430. The molecule has 0 fully saturated rings. The van der Waals surface area contributed by atoms with Crippen molar-refractivity contribution in [2.75, 3.05) is 30.4 Å².